The number of benzene rings is 1. The Labute approximate surface area is 173 Å². The minimum Gasteiger partial charge on any atom is -0.384 e. The minimum absolute atomic E-state index is 0.00857. The molecule has 11 heteroatoms. The molecule has 0 radical (unpaired) electrons. The van der Waals surface area contributed by atoms with Crippen LogP contribution in [0.3, 0.4) is 0 Å². The molecule has 150 valence electrons. The molecule has 1 aromatic carbocycles. The first-order chi connectivity index (χ1) is 13.8. The van der Waals surface area contributed by atoms with Gasteiger partial charge in [-0.05, 0) is 12.1 Å². The van der Waals surface area contributed by atoms with Crippen LogP contribution in [-0.2, 0) is 11.8 Å². The lowest BCUT2D eigenvalue weighted by atomic mass is 10.1. The van der Waals surface area contributed by atoms with Gasteiger partial charge in [-0.2, -0.15) is 0 Å². The molecule has 0 bridgehead atoms. The molecule has 3 rings (SSSR count). The van der Waals surface area contributed by atoms with Crippen molar-refractivity contribution in [2.75, 3.05) is 18.1 Å². The van der Waals surface area contributed by atoms with Crippen LogP contribution in [0.4, 0.5) is 10.9 Å². The number of rotatable bonds is 5. The Hall–Kier alpha value is -3.24. The van der Waals surface area contributed by atoms with E-state index in [2.05, 4.69) is 20.3 Å². The number of carbonyl (C=O) groups is 1. The molecule has 1 amide bonds. The zero-order valence-electron chi connectivity index (χ0n) is 15.5. The number of hydrogen-bond donors (Lipinski definition) is 3. The van der Waals surface area contributed by atoms with Crippen LogP contribution in [-0.4, -0.2) is 33.2 Å². The average molecular weight is 433 g/mol. The number of hydrogen-bond acceptors (Lipinski definition) is 7. The van der Waals surface area contributed by atoms with E-state index in [9.17, 15) is 14.4 Å². The summed E-state index contributed by atoms with van der Waals surface area (Å²) >= 11 is 7.15. The van der Waals surface area contributed by atoms with E-state index in [0.29, 0.717) is 15.8 Å². The van der Waals surface area contributed by atoms with Gasteiger partial charge >= 0.3 is 5.69 Å². The van der Waals surface area contributed by atoms with Crippen molar-refractivity contribution in [1.82, 2.24) is 14.5 Å². The summed E-state index contributed by atoms with van der Waals surface area (Å²) in [6.45, 7) is 0. The number of nitrogens with one attached hydrogen (secondary N) is 2. The third kappa shape index (κ3) is 4.44. The van der Waals surface area contributed by atoms with Gasteiger partial charge in [-0.25, -0.2) is 9.78 Å². The van der Waals surface area contributed by atoms with Crippen LogP contribution in [0.15, 0.2) is 44.2 Å². The van der Waals surface area contributed by atoms with E-state index in [0.717, 1.165) is 10.1 Å². The molecule has 0 spiro atoms. The molecule has 0 saturated carbocycles. The number of thiazole rings is 1. The van der Waals surface area contributed by atoms with Crippen LogP contribution in [0.5, 0.6) is 0 Å². The Kier molecular flexibility index (Phi) is 5.95. The number of nitrogens with zero attached hydrogens (tertiary/aromatic N) is 3. The number of nitrogen functional groups attached to an aromatic ring is 1. The van der Waals surface area contributed by atoms with Crippen molar-refractivity contribution in [2.45, 2.75) is 6.42 Å². The van der Waals surface area contributed by atoms with Crippen LogP contribution in [0.2, 0.25) is 5.02 Å². The quantitative estimate of drug-likeness (QED) is 0.529. The SMILES string of the molecule is CN=C(CC(=O)Nc1nc(-c2ccc(Cl)cc2)cs1)c1c(N)[nH]c(=O)n(C)c1=O. The van der Waals surface area contributed by atoms with Crippen LogP contribution in [0, 0.1) is 0 Å². The first-order valence-corrected chi connectivity index (χ1v) is 9.62. The van der Waals surface area contributed by atoms with E-state index >= 15 is 0 Å². The average Bonchev–Trinajstić information content (AvgIpc) is 3.14. The minimum atomic E-state index is -0.645. The summed E-state index contributed by atoms with van der Waals surface area (Å²) in [6.07, 6.45) is -0.210. The molecule has 2 heterocycles. The van der Waals surface area contributed by atoms with E-state index in [-0.39, 0.29) is 23.5 Å². The van der Waals surface area contributed by atoms with Crippen molar-refractivity contribution in [3.8, 4) is 11.3 Å². The molecule has 0 aliphatic carbocycles. The van der Waals surface area contributed by atoms with E-state index in [1.807, 2.05) is 17.5 Å². The Morgan fingerprint density at radius 2 is 2.03 bits per heavy atom. The number of aliphatic imine (C=N–C) groups is 1. The lowest BCUT2D eigenvalue weighted by Gasteiger charge is -2.09. The number of halogens is 1. The summed E-state index contributed by atoms with van der Waals surface area (Å²) < 4.78 is 0.869. The van der Waals surface area contributed by atoms with Crippen LogP contribution in [0.1, 0.15) is 12.0 Å². The molecule has 4 N–H and O–H groups in total. The second kappa shape index (κ2) is 8.41. The van der Waals surface area contributed by atoms with Crippen molar-refractivity contribution in [3.63, 3.8) is 0 Å². The van der Waals surface area contributed by atoms with Crippen molar-refractivity contribution >= 4 is 45.5 Å². The van der Waals surface area contributed by atoms with Crippen molar-refractivity contribution < 1.29 is 4.79 Å². The van der Waals surface area contributed by atoms with Gasteiger partial charge in [0.05, 0.1) is 17.8 Å². The fourth-order valence-corrected chi connectivity index (χ4v) is 3.46. The highest BCUT2D eigenvalue weighted by atomic mass is 35.5. The smallest absolute Gasteiger partial charge is 0.329 e. The summed E-state index contributed by atoms with van der Waals surface area (Å²) in [5, 5.41) is 5.51. The standard InChI is InChI=1S/C18H17ClN6O3S/c1-21-11(14-15(20)24-18(28)25(2)16(14)27)7-13(26)23-17-22-12(8-29-17)9-3-5-10(19)6-4-9/h3-6,8H,7,20H2,1-2H3,(H,24,28)(H,22,23,26). The van der Waals surface area contributed by atoms with Gasteiger partial charge in [-0.3, -0.25) is 24.1 Å². The largest absolute Gasteiger partial charge is 0.384 e. The van der Waals surface area contributed by atoms with Crippen LogP contribution < -0.4 is 22.3 Å². The third-order valence-electron chi connectivity index (χ3n) is 4.11. The summed E-state index contributed by atoms with van der Waals surface area (Å²) in [5.41, 5.74) is 6.22. The Morgan fingerprint density at radius 1 is 1.34 bits per heavy atom. The molecule has 0 aliphatic rings. The Balaban J connectivity index is 1.77. The number of H-pyrrole nitrogens is 1. The zero-order chi connectivity index (χ0) is 21.1. The molecule has 9 nitrogen and oxygen atoms in total. The molecule has 0 saturated heterocycles. The second-order valence-corrected chi connectivity index (χ2v) is 7.32. The number of carbonyl (C=O) groups excluding carboxylic acids is 1. The van der Waals surface area contributed by atoms with Gasteiger partial charge in [-0.15, -0.1) is 11.3 Å². The number of nitrogens with two attached hydrogens (primary N) is 1. The first kappa shape index (κ1) is 20.5. The van der Waals surface area contributed by atoms with Gasteiger partial charge in [0.2, 0.25) is 5.91 Å². The highest BCUT2D eigenvalue weighted by molar-refractivity contribution is 7.14. The van der Waals surface area contributed by atoms with Crippen molar-refractivity contribution in [3.05, 3.63) is 61.1 Å². The van der Waals surface area contributed by atoms with Gasteiger partial charge < -0.3 is 11.1 Å². The number of aromatic nitrogens is 3. The number of amides is 1. The maximum absolute atomic E-state index is 12.5. The zero-order valence-corrected chi connectivity index (χ0v) is 17.1. The highest BCUT2D eigenvalue weighted by Gasteiger charge is 2.19. The third-order valence-corrected chi connectivity index (χ3v) is 5.12. The van der Waals surface area contributed by atoms with E-state index in [1.165, 1.54) is 25.4 Å². The fraction of sp³-hybridized carbons (Fsp3) is 0.167. The van der Waals surface area contributed by atoms with Gasteiger partial charge in [0.1, 0.15) is 11.4 Å². The van der Waals surface area contributed by atoms with E-state index in [1.54, 1.807) is 12.1 Å². The van der Waals surface area contributed by atoms with Gasteiger partial charge in [-0.1, -0.05) is 23.7 Å². The Morgan fingerprint density at radius 3 is 2.69 bits per heavy atom. The maximum atomic E-state index is 12.5. The van der Waals surface area contributed by atoms with Gasteiger partial charge in [0.25, 0.3) is 5.56 Å². The fourth-order valence-electron chi connectivity index (χ4n) is 2.59. The molecular formula is C18H17ClN6O3S. The van der Waals surface area contributed by atoms with Gasteiger partial charge in [0.15, 0.2) is 5.13 Å². The first-order valence-electron chi connectivity index (χ1n) is 8.36. The summed E-state index contributed by atoms with van der Waals surface area (Å²) in [7, 11) is 2.75. The molecule has 0 atom stereocenters. The Bertz CT molecular complexity index is 1210. The lowest BCUT2D eigenvalue weighted by Crippen LogP contribution is -2.38. The predicted molar refractivity (Wildman–Crippen MR) is 115 cm³/mol. The van der Waals surface area contributed by atoms with E-state index in [4.69, 9.17) is 17.3 Å². The molecule has 3 aromatic rings. The van der Waals surface area contributed by atoms with Crippen molar-refractivity contribution in [1.29, 1.82) is 0 Å². The summed E-state index contributed by atoms with van der Waals surface area (Å²) in [4.78, 5) is 47.2. The normalized spacial score (nSPS) is 11.5. The monoisotopic (exact) mass is 432 g/mol. The van der Waals surface area contributed by atoms with Gasteiger partial charge in [0, 0.05) is 30.1 Å². The maximum Gasteiger partial charge on any atom is 0.329 e. The topological polar surface area (TPSA) is 135 Å². The summed E-state index contributed by atoms with van der Waals surface area (Å²) in [6, 6.07) is 7.18. The lowest BCUT2D eigenvalue weighted by molar-refractivity contribution is -0.115. The summed E-state index contributed by atoms with van der Waals surface area (Å²) in [5.74, 6) is -0.555. The van der Waals surface area contributed by atoms with E-state index < -0.39 is 17.2 Å². The molecule has 0 unspecified atom stereocenters. The molecule has 2 aromatic heterocycles. The van der Waals surface area contributed by atoms with Crippen molar-refractivity contribution in [2.24, 2.45) is 12.0 Å². The predicted octanol–water partition coefficient (Wildman–Crippen LogP) is 1.88. The second-order valence-electron chi connectivity index (χ2n) is 6.02. The molecule has 0 fully saturated rings. The molecular weight excluding hydrogens is 416 g/mol. The highest BCUT2D eigenvalue weighted by Crippen LogP contribution is 2.26. The van der Waals surface area contributed by atoms with Crippen LogP contribution >= 0.6 is 22.9 Å². The number of aromatic amines is 1. The van der Waals surface area contributed by atoms with Crippen LogP contribution in [0.25, 0.3) is 11.3 Å². The molecule has 0 aliphatic heterocycles. The molecule has 29 heavy (non-hydrogen) atoms. The number of anilines is 2.